The van der Waals surface area contributed by atoms with Crippen molar-refractivity contribution in [3.8, 4) is 23.0 Å². The molecule has 3 aromatic carbocycles. The van der Waals surface area contributed by atoms with E-state index in [9.17, 15) is 19.1 Å². The molecule has 1 aliphatic rings. The van der Waals surface area contributed by atoms with Crippen LogP contribution in [-0.2, 0) is 9.53 Å². The minimum absolute atomic E-state index is 0.0595. The summed E-state index contributed by atoms with van der Waals surface area (Å²) in [7, 11) is 0. The van der Waals surface area contributed by atoms with E-state index in [4.69, 9.17) is 24.2 Å². The fraction of sp³-hybridized carbons (Fsp3) is 0.120. The summed E-state index contributed by atoms with van der Waals surface area (Å²) in [6.45, 7) is 0.0595. The minimum Gasteiger partial charge on any atom is -0.505 e. The molecule has 186 valence electrons. The number of fused-ring (bicyclic) bond motifs is 1. The molecule has 0 unspecified atom stereocenters. The van der Waals surface area contributed by atoms with Gasteiger partial charge in [0.1, 0.15) is 5.75 Å². The van der Waals surface area contributed by atoms with Crippen LogP contribution in [-0.4, -0.2) is 35.2 Å². The van der Waals surface area contributed by atoms with Crippen LogP contribution < -0.4 is 25.0 Å². The molecular weight excluding hydrogens is 475 g/mol. The second-order valence-electron chi connectivity index (χ2n) is 7.46. The van der Waals surface area contributed by atoms with E-state index in [1.807, 2.05) is 0 Å². The smallest absolute Gasteiger partial charge is 0.412 e. The number of carbonyl (C=O) groups excluding carboxylic acids is 2. The Labute approximate surface area is 204 Å². The van der Waals surface area contributed by atoms with Gasteiger partial charge in [0, 0.05) is 17.8 Å². The maximum atomic E-state index is 14.2. The molecule has 2 atom stereocenters. The molecule has 0 saturated heterocycles. The van der Waals surface area contributed by atoms with Crippen LogP contribution in [0.1, 0.15) is 11.7 Å². The first-order valence-corrected chi connectivity index (χ1v) is 10.6. The number of amides is 2. The van der Waals surface area contributed by atoms with Gasteiger partial charge in [0.25, 0.3) is 5.91 Å². The largest absolute Gasteiger partial charge is 0.505 e. The van der Waals surface area contributed by atoms with Crippen molar-refractivity contribution in [1.29, 1.82) is 0 Å². The number of carbonyl (C=O) groups is 2. The van der Waals surface area contributed by atoms with E-state index in [0.29, 0.717) is 22.9 Å². The Morgan fingerprint density at radius 2 is 1.81 bits per heavy atom. The zero-order valence-corrected chi connectivity index (χ0v) is 18.6. The maximum absolute atomic E-state index is 14.2. The molecule has 3 aromatic rings. The molecule has 2 amide bonds. The van der Waals surface area contributed by atoms with Gasteiger partial charge in [0.2, 0.25) is 6.79 Å². The number of hydrogen-bond acceptors (Lipinski definition) is 8. The normalized spacial score (nSPS) is 13.6. The minimum atomic E-state index is -1.29. The van der Waals surface area contributed by atoms with Gasteiger partial charge in [-0.05, 0) is 48.0 Å². The highest BCUT2D eigenvalue weighted by Gasteiger charge is 2.29. The number of benzene rings is 3. The van der Waals surface area contributed by atoms with Gasteiger partial charge in [-0.25, -0.2) is 14.7 Å². The molecule has 0 aromatic heterocycles. The van der Waals surface area contributed by atoms with E-state index in [-0.39, 0.29) is 12.4 Å². The maximum Gasteiger partial charge on any atom is 0.412 e. The average Bonchev–Trinajstić information content (AvgIpc) is 3.35. The fourth-order valence-electron chi connectivity index (χ4n) is 3.34. The van der Waals surface area contributed by atoms with Crippen LogP contribution in [0.3, 0.4) is 0 Å². The number of phenolic OH excluding ortho intramolecular Hbond substituents is 1. The van der Waals surface area contributed by atoms with Crippen molar-refractivity contribution >= 4 is 17.7 Å². The van der Waals surface area contributed by atoms with Gasteiger partial charge in [-0.3, -0.25) is 15.3 Å². The Morgan fingerprint density at radius 1 is 1.03 bits per heavy atom. The summed E-state index contributed by atoms with van der Waals surface area (Å²) in [5.74, 6) is -1.09. The SMILES string of the molecule is O=C(/C=C/[C@@H](Oc1ccccc1)[C@H](OC(=O)Nc1ccc2c(c1)OCO2)c1ccc(O)c(F)c1)NO. The lowest BCUT2D eigenvalue weighted by molar-refractivity contribution is -0.124. The second-order valence-corrected chi connectivity index (χ2v) is 7.46. The van der Waals surface area contributed by atoms with Gasteiger partial charge < -0.3 is 24.1 Å². The van der Waals surface area contributed by atoms with Gasteiger partial charge >= 0.3 is 6.09 Å². The lowest BCUT2D eigenvalue weighted by Crippen LogP contribution is -2.30. The van der Waals surface area contributed by atoms with Crippen LogP contribution in [0.5, 0.6) is 23.0 Å². The molecule has 0 bridgehead atoms. The third kappa shape index (κ3) is 6.02. The van der Waals surface area contributed by atoms with E-state index in [0.717, 1.165) is 18.2 Å². The number of halogens is 1. The Balaban J connectivity index is 1.64. The predicted octanol–water partition coefficient (Wildman–Crippen LogP) is 4.06. The molecule has 1 aliphatic heterocycles. The van der Waals surface area contributed by atoms with Crippen LogP contribution in [0.15, 0.2) is 78.9 Å². The van der Waals surface area contributed by atoms with Gasteiger partial charge in [0.15, 0.2) is 35.3 Å². The van der Waals surface area contributed by atoms with E-state index in [2.05, 4.69) is 5.32 Å². The standard InChI is InChI=1S/C25H21FN2O8/c26-18-12-15(6-8-19(18)29)24(21(10-11-23(30)28-32)35-17-4-2-1-3-5-17)36-25(31)27-16-7-9-20-22(13-16)34-14-33-20/h1-13,21,24,29,32H,14H2,(H,27,31)(H,28,30)/b11-10+/t21-,24-/m1/s1. The summed E-state index contributed by atoms with van der Waals surface area (Å²) >= 11 is 0. The van der Waals surface area contributed by atoms with Crippen LogP contribution in [0, 0.1) is 5.82 Å². The van der Waals surface area contributed by atoms with E-state index in [1.165, 1.54) is 17.6 Å². The lowest BCUT2D eigenvalue weighted by atomic mass is 10.0. The highest BCUT2D eigenvalue weighted by molar-refractivity contribution is 5.87. The Morgan fingerprint density at radius 3 is 2.56 bits per heavy atom. The molecule has 0 spiro atoms. The zero-order valence-electron chi connectivity index (χ0n) is 18.6. The molecule has 0 radical (unpaired) electrons. The molecule has 0 fully saturated rings. The summed E-state index contributed by atoms with van der Waals surface area (Å²) in [5, 5.41) is 21.0. The fourth-order valence-corrected chi connectivity index (χ4v) is 3.34. The molecule has 0 saturated carbocycles. The molecule has 0 aliphatic carbocycles. The molecule has 4 rings (SSSR count). The Bertz CT molecular complexity index is 1270. The number of para-hydroxylation sites is 1. The zero-order chi connectivity index (χ0) is 25.5. The first-order valence-electron chi connectivity index (χ1n) is 10.6. The molecule has 4 N–H and O–H groups in total. The molecule has 1 heterocycles. The lowest BCUT2D eigenvalue weighted by Gasteiger charge is -2.26. The highest BCUT2D eigenvalue weighted by Crippen LogP contribution is 2.35. The first-order chi connectivity index (χ1) is 17.4. The van der Waals surface area contributed by atoms with Gasteiger partial charge in [-0.1, -0.05) is 24.3 Å². The van der Waals surface area contributed by atoms with Crippen molar-refractivity contribution < 1.29 is 43.2 Å². The van der Waals surface area contributed by atoms with Crippen LogP contribution >= 0.6 is 0 Å². The number of nitrogens with one attached hydrogen (secondary N) is 2. The van der Waals surface area contributed by atoms with Crippen LogP contribution in [0.2, 0.25) is 0 Å². The van der Waals surface area contributed by atoms with Crippen molar-refractivity contribution in [2.45, 2.75) is 12.2 Å². The summed E-state index contributed by atoms with van der Waals surface area (Å²) in [6, 6.07) is 16.6. The Kier molecular flexibility index (Phi) is 7.51. The monoisotopic (exact) mass is 496 g/mol. The molecule has 36 heavy (non-hydrogen) atoms. The van der Waals surface area contributed by atoms with Crippen molar-refractivity contribution in [3.63, 3.8) is 0 Å². The molecular formula is C25H21FN2O8. The third-order valence-electron chi connectivity index (χ3n) is 5.01. The number of ether oxygens (including phenoxy) is 4. The van der Waals surface area contributed by atoms with Gasteiger partial charge in [-0.2, -0.15) is 0 Å². The third-order valence-corrected chi connectivity index (χ3v) is 5.01. The summed E-state index contributed by atoms with van der Waals surface area (Å²) < 4.78 is 36.3. The van der Waals surface area contributed by atoms with Crippen molar-refractivity contribution in [3.05, 3.63) is 90.3 Å². The molecule has 10 nitrogen and oxygen atoms in total. The van der Waals surface area contributed by atoms with Crippen molar-refractivity contribution in [2.75, 3.05) is 12.1 Å². The van der Waals surface area contributed by atoms with Gasteiger partial charge in [-0.15, -0.1) is 0 Å². The molecule has 11 heteroatoms. The van der Waals surface area contributed by atoms with Gasteiger partial charge in [0.05, 0.1) is 0 Å². The van der Waals surface area contributed by atoms with Crippen molar-refractivity contribution in [2.24, 2.45) is 0 Å². The number of aromatic hydroxyl groups is 1. The topological polar surface area (TPSA) is 136 Å². The first kappa shape index (κ1) is 24.4. The van der Waals surface area contributed by atoms with E-state index in [1.54, 1.807) is 48.5 Å². The predicted molar refractivity (Wildman–Crippen MR) is 123 cm³/mol. The van der Waals surface area contributed by atoms with E-state index >= 15 is 0 Å². The number of hydrogen-bond donors (Lipinski definition) is 4. The average molecular weight is 496 g/mol. The number of phenols is 1. The highest BCUT2D eigenvalue weighted by atomic mass is 19.1. The Hall–Kier alpha value is -4.77. The van der Waals surface area contributed by atoms with Crippen LogP contribution in [0.4, 0.5) is 14.9 Å². The number of anilines is 1. The summed E-state index contributed by atoms with van der Waals surface area (Å²) in [4.78, 5) is 24.5. The summed E-state index contributed by atoms with van der Waals surface area (Å²) in [5.41, 5.74) is 1.93. The quantitative estimate of drug-likeness (QED) is 0.208. The van der Waals surface area contributed by atoms with Crippen LogP contribution in [0.25, 0.3) is 0 Å². The second kappa shape index (κ2) is 11.1. The van der Waals surface area contributed by atoms with Crippen molar-refractivity contribution in [1.82, 2.24) is 5.48 Å². The number of rotatable bonds is 8. The number of hydroxylamine groups is 1. The van der Waals surface area contributed by atoms with E-state index < -0.39 is 35.8 Å². The summed E-state index contributed by atoms with van der Waals surface area (Å²) in [6.07, 6.45) is -1.17.